The van der Waals surface area contributed by atoms with Crippen LogP contribution in [0, 0.1) is 5.92 Å². The molecule has 56 heavy (non-hydrogen) atoms. The predicted molar refractivity (Wildman–Crippen MR) is 201 cm³/mol. The number of aliphatic hydroxyl groups is 1. The van der Waals surface area contributed by atoms with Gasteiger partial charge < -0.3 is 51.6 Å². The number of hydrogen-bond acceptors (Lipinski definition) is 13. The number of urea groups is 1. The molecule has 2 heterocycles. The fourth-order valence-electron chi connectivity index (χ4n) is 5.44. The van der Waals surface area contributed by atoms with Gasteiger partial charge in [0.1, 0.15) is 17.8 Å². The van der Waals surface area contributed by atoms with Crippen LogP contribution >= 0.6 is 0 Å². The molecule has 1 unspecified atom stereocenters. The monoisotopic (exact) mass is 786 g/mol. The molecule has 2 atom stereocenters. The largest absolute Gasteiger partial charge is 0.394 e. The number of nitrogens with one attached hydrogen (secondary N) is 5. The molecule has 20 heteroatoms. The summed E-state index contributed by atoms with van der Waals surface area (Å²) in [7, 11) is 1.81. The number of hydrogen-bond donors (Lipinski definition) is 7. The quantitative estimate of drug-likeness (QED) is 0.0427. The minimum atomic E-state index is -1.04. The average molecular weight is 787 g/mol. The number of aliphatic hydroxyl groups excluding tert-OH is 1. The first kappa shape index (κ1) is 45.1. The van der Waals surface area contributed by atoms with Gasteiger partial charge >= 0.3 is 6.03 Å². The third-order valence-corrected chi connectivity index (χ3v) is 8.34. The molecule has 3 rings (SSSR count). The molecule has 1 aromatic carbocycles. The lowest BCUT2D eigenvalue weighted by molar-refractivity contribution is -0.138. The van der Waals surface area contributed by atoms with Crippen molar-refractivity contribution >= 4 is 41.3 Å². The molecule has 0 bridgehead atoms. The normalized spacial score (nSPS) is 13.6. The van der Waals surface area contributed by atoms with Crippen molar-refractivity contribution < 1.29 is 48.1 Å². The van der Waals surface area contributed by atoms with Crippen LogP contribution in [0.25, 0.3) is 0 Å². The minimum Gasteiger partial charge on any atom is -0.394 e. The molecule has 1 aliphatic heterocycles. The summed E-state index contributed by atoms with van der Waals surface area (Å²) in [6.45, 7) is 5.71. The zero-order valence-electron chi connectivity index (χ0n) is 32.1. The van der Waals surface area contributed by atoms with Gasteiger partial charge in [-0.05, 0) is 49.1 Å². The molecule has 0 fully saturated rings. The van der Waals surface area contributed by atoms with E-state index in [4.69, 9.17) is 25.1 Å². The van der Waals surface area contributed by atoms with Crippen molar-refractivity contribution in [2.45, 2.75) is 71.5 Å². The zero-order chi connectivity index (χ0) is 40.9. The molecular formula is C36H54N10O10. The summed E-state index contributed by atoms with van der Waals surface area (Å²) in [5, 5.41) is 30.9. The van der Waals surface area contributed by atoms with Gasteiger partial charge in [0, 0.05) is 37.3 Å². The Bertz CT molecular complexity index is 1630. The van der Waals surface area contributed by atoms with Crippen LogP contribution in [0.5, 0.6) is 0 Å². The van der Waals surface area contributed by atoms with E-state index in [1.807, 2.05) is 13.1 Å². The Balaban J connectivity index is 1.60. The summed E-state index contributed by atoms with van der Waals surface area (Å²) >= 11 is 0. The van der Waals surface area contributed by atoms with Crippen LogP contribution in [0.15, 0.2) is 36.5 Å². The fraction of sp³-hybridized carbons (Fsp3) is 0.556. The van der Waals surface area contributed by atoms with E-state index < -0.39 is 47.7 Å². The highest BCUT2D eigenvalue weighted by Gasteiger charge is 2.29. The number of ether oxygens (including phenoxy) is 3. The number of carbonyl (C=O) groups is 6. The van der Waals surface area contributed by atoms with Crippen LogP contribution in [0.1, 0.15) is 49.9 Å². The Labute approximate surface area is 325 Å². The van der Waals surface area contributed by atoms with Crippen LogP contribution in [-0.4, -0.2) is 126 Å². The van der Waals surface area contributed by atoms with Gasteiger partial charge in [0.25, 0.3) is 11.8 Å². The van der Waals surface area contributed by atoms with Crippen molar-refractivity contribution in [3.8, 4) is 0 Å². The summed E-state index contributed by atoms with van der Waals surface area (Å²) in [6, 6.07) is 2.62. The Kier molecular flexibility index (Phi) is 19.6. The standard InChI is InChI=1S/C36H54N10O10/c1-24(2)33(42-30(48)10-15-54-17-13-46-31(49)8-9-32(46)50)35(52)41-29(5-4-11-39-36(37)53)34(51)40-27-7-6-25(20-38-3)26(19-27)22-56-23-28-21-45(44-43-28)12-16-55-18-14-47/h6-9,19,21,24,29,33,38,47H,4-5,10-18,20,22-23H2,1-3H3,(H,40,51)(H,41,52)(H,42,48)(H3,37,39,53)/t29-,33?/m0/s1. The number of nitrogens with two attached hydrogens (primary N) is 1. The first-order chi connectivity index (χ1) is 26.9. The van der Waals surface area contributed by atoms with Crippen LogP contribution < -0.4 is 32.3 Å². The van der Waals surface area contributed by atoms with E-state index in [0.29, 0.717) is 37.5 Å². The van der Waals surface area contributed by atoms with Crippen LogP contribution in [0.4, 0.5) is 10.5 Å². The average Bonchev–Trinajstić information content (AvgIpc) is 3.75. The minimum absolute atomic E-state index is 0.00978. The van der Waals surface area contributed by atoms with E-state index in [1.54, 1.807) is 36.9 Å². The second-order valence-electron chi connectivity index (χ2n) is 13.1. The highest BCUT2D eigenvalue weighted by atomic mass is 16.5. The Hall–Kier alpha value is -5.28. The first-order valence-electron chi connectivity index (χ1n) is 18.4. The number of nitrogens with zero attached hydrogens (tertiary/aromatic N) is 4. The molecule has 1 aliphatic rings. The van der Waals surface area contributed by atoms with Gasteiger partial charge in [0.2, 0.25) is 17.7 Å². The summed E-state index contributed by atoms with van der Waals surface area (Å²) in [4.78, 5) is 75.6. The lowest BCUT2D eigenvalue weighted by Gasteiger charge is -2.25. The number of amides is 7. The van der Waals surface area contributed by atoms with E-state index in [0.717, 1.165) is 16.0 Å². The topological polar surface area (TPSA) is 270 Å². The van der Waals surface area contributed by atoms with E-state index >= 15 is 0 Å². The summed E-state index contributed by atoms with van der Waals surface area (Å²) in [5.41, 5.74) is 8.00. The molecule has 8 N–H and O–H groups in total. The molecule has 0 aliphatic carbocycles. The molecule has 308 valence electrons. The maximum absolute atomic E-state index is 13.7. The number of aromatic nitrogens is 3. The second kappa shape index (κ2) is 24.3. The Morgan fingerprint density at radius 3 is 2.34 bits per heavy atom. The third-order valence-electron chi connectivity index (χ3n) is 8.34. The summed E-state index contributed by atoms with van der Waals surface area (Å²) in [6.07, 6.45) is 4.46. The van der Waals surface area contributed by atoms with Crippen LogP contribution in [-0.2, 0) is 64.5 Å². The second-order valence-corrected chi connectivity index (χ2v) is 13.1. The fourth-order valence-corrected chi connectivity index (χ4v) is 5.44. The molecule has 7 amide bonds. The molecule has 0 radical (unpaired) electrons. The summed E-state index contributed by atoms with van der Waals surface area (Å²) < 4.78 is 18.3. The molecule has 1 aromatic heterocycles. The van der Waals surface area contributed by atoms with Crippen LogP contribution in [0.2, 0.25) is 0 Å². The zero-order valence-corrected chi connectivity index (χ0v) is 32.1. The molecule has 0 spiro atoms. The van der Waals surface area contributed by atoms with Gasteiger partial charge in [-0.2, -0.15) is 0 Å². The maximum Gasteiger partial charge on any atom is 0.312 e. The molecule has 20 nitrogen and oxygen atoms in total. The predicted octanol–water partition coefficient (Wildman–Crippen LogP) is -0.932. The molecule has 2 aromatic rings. The number of primary amides is 1. The molecule has 0 saturated carbocycles. The lowest BCUT2D eigenvalue weighted by Crippen LogP contribution is -2.54. The van der Waals surface area contributed by atoms with Crippen molar-refractivity contribution in [2.75, 3.05) is 58.5 Å². The van der Waals surface area contributed by atoms with E-state index in [-0.39, 0.29) is 71.5 Å². The third kappa shape index (κ3) is 15.8. The van der Waals surface area contributed by atoms with Gasteiger partial charge in [-0.25, -0.2) is 9.48 Å². The van der Waals surface area contributed by atoms with Gasteiger partial charge in [-0.3, -0.25) is 28.9 Å². The van der Waals surface area contributed by atoms with E-state index in [1.165, 1.54) is 12.2 Å². The Morgan fingerprint density at radius 2 is 1.64 bits per heavy atom. The number of rotatable bonds is 27. The van der Waals surface area contributed by atoms with Crippen molar-refractivity contribution in [3.05, 3.63) is 53.4 Å². The smallest absolute Gasteiger partial charge is 0.312 e. The number of benzene rings is 1. The SMILES string of the molecule is CNCc1ccc(NC(=O)[C@H](CCCNC(N)=O)NC(=O)C(NC(=O)CCOCCN2C(=O)C=CC2=O)C(C)C)cc1COCc1cn(CCOCCO)nn1. The van der Waals surface area contributed by atoms with Gasteiger partial charge in [-0.1, -0.05) is 25.1 Å². The molecular weight excluding hydrogens is 732 g/mol. The van der Waals surface area contributed by atoms with Crippen molar-refractivity contribution in [3.63, 3.8) is 0 Å². The highest BCUT2D eigenvalue weighted by Crippen LogP contribution is 2.19. The summed E-state index contributed by atoms with van der Waals surface area (Å²) in [5.74, 6) is -2.77. The van der Waals surface area contributed by atoms with E-state index in [2.05, 4.69) is 36.9 Å². The lowest BCUT2D eigenvalue weighted by atomic mass is 10.0. The van der Waals surface area contributed by atoms with Crippen molar-refractivity contribution in [1.29, 1.82) is 0 Å². The number of carbonyl (C=O) groups excluding carboxylic acids is 6. The van der Waals surface area contributed by atoms with Crippen LogP contribution in [0.3, 0.4) is 0 Å². The van der Waals surface area contributed by atoms with E-state index in [9.17, 15) is 28.8 Å². The number of imide groups is 1. The van der Waals surface area contributed by atoms with Crippen molar-refractivity contribution in [1.82, 2.24) is 41.2 Å². The van der Waals surface area contributed by atoms with Gasteiger partial charge in [0.05, 0.1) is 65.5 Å². The van der Waals surface area contributed by atoms with Gasteiger partial charge in [0.15, 0.2) is 0 Å². The highest BCUT2D eigenvalue weighted by molar-refractivity contribution is 6.12. The van der Waals surface area contributed by atoms with Crippen molar-refractivity contribution in [2.24, 2.45) is 11.7 Å². The van der Waals surface area contributed by atoms with Gasteiger partial charge in [-0.15, -0.1) is 5.10 Å². The molecule has 0 saturated heterocycles. The number of anilines is 1. The Morgan fingerprint density at radius 1 is 0.911 bits per heavy atom. The maximum atomic E-state index is 13.7. The first-order valence-corrected chi connectivity index (χ1v) is 18.4.